The summed E-state index contributed by atoms with van der Waals surface area (Å²) in [5, 5.41) is 8.72. The van der Waals surface area contributed by atoms with Crippen molar-refractivity contribution in [2.75, 3.05) is 19.7 Å². The van der Waals surface area contributed by atoms with Gasteiger partial charge in [0.25, 0.3) is 0 Å². The summed E-state index contributed by atoms with van der Waals surface area (Å²) in [4.78, 5) is 24.0. The zero-order valence-electron chi connectivity index (χ0n) is 10.4. The van der Waals surface area contributed by atoms with Crippen LogP contribution in [0.25, 0.3) is 0 Å². The Morgan fingerprint density at radius 1 is 1.50 bits per heavy atom. The topological polar surface area (TPSA) is 66.8 Å². The minimum atomic E-state index is -0.727. The largest absolute Gasteiger partial charge is 0.481 e. The third-order valence-electron chi connectivity index (χ3n) is 3.93. The molecule has 0 radical (unpaired) electrons. The summed E-state index contributed by atoms with van der Waals surface area (Å²) in [6.07, 6.45) is 4.33. The first-order valence-corrected chi connectivity index (χ1v) is 6.29. The van der Waals surface area contributed by atoms with Crippen LogP contribution >= 0.6 is 0 Å². The predicted octanol–water partition coefficient (Wildman–Crippen LogP) is 1.89. The lowest BCUT2D eigenvalue weighted by atomic mass is 9.60. The predicted molar refractivity (Wildman–Crippen MR) is 65.1 cm³/mol. The number of ether oxygens (including phenoxy) is 1. The van der Waals surface area contributed by atoms with E-state index in [1.165, 1.54) is 0 Å². The molecule has 18 heavy (non-hydrogen) atoms. The molecule has 0 bridgehead atoms. The van der Waals surface area contributed by atoms with Crippen LogP contribution in [0.15, 0.2) is 12.7 Å². The van der Waals surface area contributed by atoms with Gasteiger partial charge in [-0.3, -0.25) is 4.79 Å². The highest BCUT2D eigenvalue weighted by atomic mass is 16.6. The molecule has 1 amide bonds. The summed E-state index contributed by atoms with van der Waals surface area (Å²) >= 11 is 0. The Labute approximate surface area is 106 Å². The molecule has 5 nitrogen and oxygen atoms in total. The molecule has 0 unspecified atom stereocenters. The van der Waals surface area contributed by atoms with Gasteiger partial charge in [0.1, 0.15) is 6.61 Å². The number of nitrogens with zero attached hydrogens (tertiary/aromatic N) is 1. The molecular formula is C13H19NO4. The highest BCUT2D eigenvalue weighted by molar-refractivity contribution is 5.68. The molecule has 1 aliphatic carbocycles. The molecule has 5 heteroatoms. The first-order valence-electron chi connectivity index (χ1n) is 6.29. The summed E-state index contributed by atoms with van der Waals surface area (Å²) in [5.41, 5.74) is 0.160. The van der Waals surface area contributed by atoms with E-state index in [1.807, 2.05) is 0 Å². The van der Waals surface area contributed by atoms with E-state index in [4.69, 9.17) is 9.84 Å². The van der Waals surface area contributed by atoms with Crippen LogP contribution < -0.4 is 0 Å². The Morgan fingerprint density at radius 2 is 2.22 bits per heavy atom. The zero-order valence-corrected chi connectivity index (χ0v) is 10.4. The lowest BCUT2D eigenvalue weighted by Gasteiger charge is -2.44. The molecule has 2 fully saturated rings. The number of carbonyl (C=O) groups excluding carboxylic acids is 1. The molecule has 0 aromatic rings. The number of aliphatic carboxylic acids is 1. The van der Waals surface area contributed by atoms with Gasteiger partial charge in [0.2, 0.25) is 0 Å². The highest BCUT2D eigenvalue weighted by Gasteiger charge is 2.49. The van der Waals surface area contributed by atoms with Gasteiger partial charge in [0.15, 0.2) is 0 Å². The van der Waals surface area contributed by atoms with E-state index < -0.39 is 5.97 Å². The first-order chi connectivity index (χ1) is 8.54. The van der Waals surface area contributed by atoms with Crippen molar-refractivity contribution in [3.63, 3.8) is 0 Å². The Morgan fingerprint density at radius 3 is 2.83 bits per heavy atom. The van der Waals surface area contributed by atoms with Crippen LogP contribution in [0.3, 0.4) is 0 Å². The highest BCUT2D eigenvalue weighted by Crippen LogP contribution is 2.52. The minimum absolute atomic E-state index is 0.160. The smallest absolute Gasteiger partial charge is 0.410 e. The summed E-state index contributed by atoms with van der Waals surface area (Å²) in [6.45, 7) is 5.17. The van der Waals surface area contributed by atoms with Gasteiger partial charge in [-0.1, -0.05) is 12.7 Å². The number of amides is 1. The van der Waals surface area contributed by atoms with Gasteiger partial charge >= 0.3 is 12.1 Å². The molecule has 0 atom stereocenters. The molecule has 100 valence electrons. The Bertz CT molecular complexity index is 360. The van der Waals surface area contributed by atoms with E-state index in [0.717, 1.165) is 25.8 Å². The summed E-state index contributed by atoms with van der Waals surface area (Å²) in [7, 11) is 0. The number of hydrogen-bond acceptors (Lipinski definition) is 3. The lowest BCUT2D eigenvalue weighted by molar-refractivity contribution is -0.140. The molecule has 1 heterocycles. The second-order valence-corrected chi connectivity index (χ2v) is 5.41. The van der Waals surface area contributed by atoms with Crippen LogP contribution in [0.2, 0.25) is 0 Å². The van der Waals surface area contributed by atoms with Crippen molar-refractivity contribution in [1.29, 1.82) is 0 Å². The van der Waals surface area contributed by atoms with E-state index in [0.29, 0.717) is 6.54 Å². The van der Waals surface area contributed by atoms with Crippen LogP contribution in [0.1, 0.15) is 25.7 Å². The van der Waals surface area contributed by atoms with Crippen molar-refractivity contribution in [3.05, 3.63) is 12.7 Å². The molecule has 1 N–H and O–H groups in total. The van der Waals surface area contributed by atoms with Gasteiger partial charge in [-0.25, -0.2) is 4.79 Å². The van der Waals surface area contributed by atoms with Crippen molar-refractivity contribution in [1.82, 2.24) is 4.90 Å². The third-order valence-corrected chi connectivity index (χ3v) is 3.93. The number of rotatable bonds is 4. The van der Waals surface area contributed by atoms with Gasteiger partial charge in [-0.15, -0.1) is 0 Å². The summed E-state index contributed by atoms with van der Waals surface area (Å²) in [5.74, 6) is -0.443. The molecule has 1 spiro atoms. The van der Waals surface area contributed by atoms with Crippen LogP contribution in [0.4, 0.5) is 4.79 Å². The Hall–Kier alpha value is -1.52. The lowest BCUT2D eigenvalue weighted by Crippen LogP contribution is -2.41. The second kappa shape index (κ2) is 5.00. The van der Waals surface area contributed by atoms with Crippen molar-refractivity contribution in [2.24, 2.45) is 11.3 Å². The molecule has 2 rings (SSSR count). The zero-order chi connectivity index (χ0) is 13.2. The summed E-state index contributed by atoms with van der Waals surface area (Å²) in [6, 6.07) is 0. The van der Waals surface area contributed by atoms with Gasteiger partial charge in [-0.05, 0) is 30.6 Å². The maximum absolute atomic E-state index is 11.7. The van der Waals surface area contributed by atoms with Crippen molar-refractivity contribution in [3.8, 4) is 0 Å². The fourth-order valence-corrected chi connectivity index (χ4v) is 3.20. The van der Waals surface area contributed by atoms with E-state index in [1.54, 1.807) is 11.0 Å². The monoisotopic (exact) mass is 253 g/mol. The molecule has 1 saturated carbocycles. The van der Waals surface area contributed by atoms with Crippen molar-refractivity contribution in [2.45, 2.75) is 25.7 Å². The molecule has 0 aromatic carbocycles. The number of carboxylic acids is 1. The maximum atomic E-state index is 11.7. The first kappa shape index (κ1) is 12.9. The van der Waals surface area contributed by atoms with Gasteiger partial charge in [0.05, 0.1) is 0 Å². The van der Waals surface area contributed by atoms with E-state index in [2.05, 4.69) is 6.58 Å². The van der Waals surface area contributed by atoms with Crippen LogP contribution in [-0.4, -0.2) is 41.8 Å². The fraction of sp³-hybridized carbons (Fsp3) is 0.692. The number of carbonyl (C=O) groups is 2. The molecular weight excluding hydrogens is 234 g/mol. The minimum Gasteiger partial charge on any atom is -0.481 e. The van der Waals surface area contributed by atoms with Gasteiger partial charge in [0, 0.05) is 19.5 Å². The van der Waals surface area contributed by atoms with Crippen LogP contribution in [0.5, 0.6) is 0 Å². The van der Waals surface area contributed by atoms with Crippen molar-refractivity contribution >= 4 is 12.1 Å². The quantitative estimate of drug-likeness (QED) is 0.777. The van der Waals surface area contributed by atoms with E-state index >= 15 is 0 Å². The average molecular weight is 253 g/mol. The maximum Gasteiger partial charge on any atom is 0.410 e. The number of likely N-dealkylation sites (tertiary alicyclic amines) is 1. The van der Waals surface area contributed by atoms with E-state index in [9.17, 15) is 9.59 Å². The van der Waals surface area contributed by atoms with E-state index in [-0.39, 0.29) is 30.5 Å². The van der Waals surface area contributed by atoms with Gasteiger partial charge in [-0.2, -0.15) is 0 Å². The molecule has 2 aliphatic rings. The number of hydrogen-bond donors (Lipinski definition) is 1. The average Bonchev–Trinajstić information content (AvgIpc) is 2.69. The standard InChI is InChI=1S/C13H19NO4/c1-2-5-18-12(17)14-4-3-13(9-14)7-10(8-13)6-11(15)16/h2,10H,1,3-9H2,(H,15,16). The molecule has 1 aliphatic heterocycles. The van der Waals surface area contributed by atoms with Crippen LogP contribution in [-0.2, 0) is 9.53 Å². The fourth-order valence-electron chi connectivity index (χ4n) is 3.20. The van der Waals surface area contributed by atoms with Crippen LogP contribution in [0, 0.1) is 11.3 Å². The third kappa shape index (κ3) is 2.66. The van der Waals surface area contributed by atoms with Crippen molar-refractivity contribution < 1.29 is 19.4 Å². The molecule has 1 saturated heterocycles. The Kier molecular flexibility index (Phi) is 3.59. The number of carboxylic acid groups (broad SMARTS) is 1. The molecule has 0 aromatic heterocycles. The van der Waals surface area contributed by atoms with Gasteiger partial charge < -0.3 is 14.7 Å². The summed E-state index contributed by atoms with van der Waals surface area (Å²) < 4.78 is 5.00. The SMILES string of the molecule is C=CCOC(=O)N1CCC2(CC(CC(=O)O)C2)C1. The second-order valence-electron chi connectivity index (χ2n) is 5.41. The normalized spacial score (nSPS) is 30.0. The Balaban J connectivity index is 1.78.